The highest BCUT2D eigenvalue weighted by Crippen LogP contribution is 2.15. The van der Waals surface area contributed by atoms with Crippen molar-refractivity contribution < 1.29 is 19.1 Å². The smallest absolute Gasteiger partial charge is 0.327 e. The van der Waals surface area contributed by atoms with Crippen LogP contribution in [0, 0.1) is 0 Å². The fourth-order valence-electron chi connectivity index (χ4n) is 1.63. The molecule has 0 radical (unpaired) electrons. The van der Waals surface area contributed by atoms with Crippen molar-refractivity contribution in [3.8, 4) is 0 Å². The van der Waals surface area contributed by atoms with E-state index in [1.807, 2.05) is 24.3 Å². The molecule has 0 aromatic heterocycles. The molecule has 110 valence electrons. The van der Waals surface area contributed by atoms with Crippen LogP contribution < -0.4 is 10.6 Å². The van der Waals surface area contributed by atoms with Crippen LogP contribution in [0.25, 0.3) is 0 Å². The first kappa shape index (κ1) is 15.8. The standard InChI is InChI=1S/C14H20N2O4/c1-9(13(17)19-3)15-11-5-7-12(8-6-11)16-10(2)14(18)20-4/h5-10,15-16H,1-4H3. The molecule has 1 aromatic carbocycles. The van der Waals surface area contributed by atoms with Crippen molar-refractivity contribution in [3.05, 3.63) is 24.3 Å². The summed E-state index contributed by atoms with van der Waals surface area (Å²) < 4.78 is 9.27. The van der Waals surface area contributed by atoms with Crippen molar-refractivity contribution in [2.24, 2.45) is 0 Å². The molecule has 0 saturated heterocycles. The molecule has 2 unspecified atom stereocenters. The minimum absolute atomic E-state index is 0.327. The average molecular weight is 280 g/mol. The summed E-state index contributed by atoms with van der Waals surface area (Å²) in [6, 6.07) is 6.40. The Balaban J connectivity index is 2.60. The van der Waals surface area contributed by atoms with E-state index in [0.717, 1.165) is 11.4 Å². The van der Waals surface area contributed by atoms with Crippen molar-refractivity contribution in [3.63, 3.8) is 0 Å². The van der Waals surface area contributed by atoms with E-state index in [4.69, 9.17) is 0 Å². The first-order chi connectivity index (χ1) is 9.47. The third kappa shape index (κ3) is 4.46. The fourth-order valence-corrected chi connectivity index (χ4v) is 1.63. The minimum Gasteiger partial charge on any atom is -0.467 e. The summed E-state index contributed by atoms with van der Waals surface area (Å²) in [7, 11) is 2.70. The molecule has 20 heavy (non-hydrogen) atoms. The van der Waals surface area contributed by atoms with Gasteiger partial charge in [0, 0.05) is 11.4 Å². The van der Waals surface area contributed by atoms with Crippen molar-refractivity contribution in [2.45, 2.75) is 25.9 Å². The van der Waals surface area contributed by atoms with Gasteiger partial charge in [-0.3, -0.25) is 0 Å². The lowest BCUT2D eigenvalue weighted by atomic mass is 10.2. The van der Waals surface area contributed by atoms with Gasteiger partial charge in [-0.2, -0.15) is 0 Å². The minimum atomic E-state index is -0.423. The first-order valence-corrected chi connectivity index (χ1v) is 6.26. The molecule has 6 nitrogen and oxygen atoms in total. The summed E-state index contributed by atoms with van der Waals surface area (Å²) in [6.45, 7) is 3.44. The molecular weight excluding hydrogens is 260 g/mol. The summed E-state index contributed by atoms with van der Waals surface area (Å²) in [5.74, 6) is -0.655. The second-order valence-corrected chi connectivity index (χ2v) is 4.36. The van der Waals surface area contributed by atoms with Crippen LogP contribution in [0.5, 0.6) is 0 Å². The predicted molar refractivity (Wildman–Crippen MR) is 76.6 cm³/mol. The fraction of sp³-hybridized carbons (Fsp3) is 0.429. The molecule has 2 atom stereocenters. The maximum absolute atomic E-state index is 11.3. The number of benzene rings is 1. The highest BCUT2D eigenvalue weighted by molar-refractivity contribution is 5.80. The third-order valence-electron chi connectivity index (χ3n) is 2.76. The van der Waals surface area contributed by atoms with Crippen LogP contribution in [-0.2, 0) is 19.1 Å². The van der Waals surface area contributed by atoms with Gasteiger partial charge < -0.3 is 20.1 Å². The van der Waals surface area contributed by atoms with Crippen LogP contribution in [0.3, 0.4) is 0 Å². The van der Waals surface area contributed by atoms with Gasteiger partial charge in [-0.05, 0) is 38.1 Å². The van der Waals surface area contributed by atoms with Crippen LogP contribution in [0.15, 0.2) is 24.3 Å². The topological polar surface area (TPSA) is 76.7 Å². The zero-order chi connectivity index (χ0) is 15.1. The second-order valence-electron chi connectivity index (χ2n) is 4.36. The predicted octanol–water partition coefficient (Wildman–Crippen LogP) is 1.63. The van der Waals surface area contributed by atoms with E-state index in [1.165, 1.54) is 14.2 Å². The van der Waals surface area contributed by atoms with Gasteiger partial charge in [-0.1, -0.05) is 0 Å². The molecule has 0 heterocycles. The zero-order valence-electron chi connectivity index (χ0n) is 12.1. The Morgan fingerprint density at radius 2 is 1.15 bits per heavy atom. The van der Waals surface area contributed by atoms with Gasteiger partial charge >= 0.3 is 11.9 Å². The van der Waals surface area contributed by atoms with E-state index in [2.05, 4.69) is 20.1 Å². The Bertz CT molecular complexity index is 416. The number of anilines is 2. The Kier molecular flexibility index (Phi) is 5.83. The maximum Gasteiger partial charge on any atom is 0.327 e. The number of hydrogen-bond acceptors (Lipinski definition) is 6. The highest BCUT2D eigenvalue weighted by atomic mass is 16.5. The Morgan fingerprint density at radius 3 is 1.40 bits per heavy atom. The molecule has 0 fully saturated rings. The van der Waals surface area contributed by atoms with Crippen LogP contribution in [0.1, 0.15) is 13.8 Å². The number of rotatable bonds is 6. The quantitative estimate of drug-likeness (QED) is 0.771. The molecule has 0 bridgehead atoms. The van der Waals surface area contributed by atoms with Crippen LogP contribution in [0.2, 0.25) is 0 Å². The van der Waals surface area contributed by atoms with Crippen LogP contribution >= 0.6 is 0 Å². The third-order valence-corrected chi connectivity index (χ3v) is 2.76. The molecule has 1 aromatic rings. The lowest BCUT2D eigenvalue weighted by Gasteiger charge is -2.15. The van der Waals surface area contributed by atoms with Gasteiger partial charge in [0.25, 0.3) is 0 Å². The van der Waals surface area contributed by atoms with Gasteiger partial charge in [-0.25, -0.2) is 9.59 Å². The van der Waals surface area contributed by atoms with E-state index in [-0.39, 0.29) is 11.9 Å². The Hall–Kier alpha value is -2.24. The average Bonchev–Trinajstić information content (AvgIpc) is 2.47. The number of hydrogen-bond donors (Lipinski definition) is 2. The normalized spacial score (nSPS) is 13.0. The molecule has 0 spiro atoms. The van der Waals surface area contributed by atoms with Crippen molar-refractivity contribution in [1.29, 1.82) is 0 Å². The lowest BCUT2D eigenvalue weighted by molar-refractivity contribution is -0.141. The molecule has 6 heteroatoms. The van der Waals surface area contributed by atoms with Crippen molar-refractivity contribution in [2.75, 3.05) is 24.9 Å². The van der Waals surface area contributed by atoms with E-state index in [1.54, 1.807) is 13.8 Å². The first-order valence-electron chi connectivity index (χ1n) is 6.26. The number of carbonyl (C=O) groups excluding carboxylic acids is 2. The van der Waals surface area contributed by atoms with Gasteiger partial charge in [0.2, 0.25) is 0 Å². The zero-order valence-corrected chi connectivity index (χ0v) is 12.1. The molecule has 1 rings (SSSR count). The summed E-state index contributed by atoms with van der Waals surface area (Å²) in [4.78, 5) is 22.6. The number of esters is 2. The number of ether oxygens (including phenoxy) is 2. The van der Waals surface area contributed by atoms with Gasteiger partial charge in [0.1, 0.15) is 12.1 Å². The van der Waals surface area contributed by atoms with E-state index < -0.39 is 12.1 Å². The summed E-state index contributed by atoms with van der Waals surface area (Å²) in [5, 5.41) is 6.03. The SMILES string of the molecule is COC(=O)C(C)Nc1ccc(NC(C)C(=O)OC)cc1. The van der Waals surface area contributed by atoms with E-state index in [0.29, 0.717) is 0 Å². The molecule has 0 aliphatic rings. The van der Waals surface area contributed by atoms with Gasteiger partial charge in [-0.15, -0.1) is 0 Å². The lowest BCUT2D eigenvalue weighted by Crippen LogP contribution is -2.27. The molecule has 0 amide bonds. The Labute approximate surface area is 118 Å². The summed E-state index contributed by atoms with van der Waals surface area (Å²) in [5.41, 5.74) is 1.58. The van der Waals surface area contributed by atoms with Crippen LogP contribution in [-0.4, -0.2) is 38.2 Å². The van der Waals surface area contributed by atoms with Gasteiger partial charge in [0.15, 0.2) is 0 Å². The van der Waals surface area contributed by atoms with Crippen LogP contribution in [0.4, 0.5) is 11.4 Å². The Morgan fingerprint density at radius 1 is 0.850 bits per heavy atom. The largest absolute Gasteiger partial charge is 0.467 e. The van der Waals surface area contributed by atoms with E-state index in [9.17, 15) is 9.59 Å². The second kappa shape index (κ2) is 7.37. The molecule has 2 N–H and O–H groups in total. The number of methoxy groups -OCH3 is 2. The molecular formula is C14H20N2O4. The molecule has 0 aliphatic carbocycles. The molecule has 0 saturated carbocycles. The van der Waals surface area contributed by atoms with Gasteiger partial charge in [0.05, 0.1) is 14.2 Å². The maximum atomic E-state index is 11.3. The van der Waals surface area contributed by atoms with Crippen molar-refractivity contribution >= 4 is 23.3 Å². The highest BCUT2D eigenvalue weighted by Gasteiger charge is 2.13. The van der Waals surface area contributed by atoms with E-state index >= 15 is 0 Å². The number of nitrogens with one attached hydrogen (secondary N) is 2. The monoisotopic (exact) mass is 280 g/mol. The van der Waals surface area contributed by atoms with Crippen molar-refractivity contribution in [1.82, 2.24) is 0 Å². The molecule has 0 aliphatic heterocycles. The summed E-state index contributed by atoms with van der Waals surface area (Å²) >= 11 is 0. The number of carbonyl (C=O) groups is 2. The summed E-state index contributed by atoms with van der Waals surface area (Å²) in [6.07, 6.45) is 0.